The van der Waals surface area contributed by atoms with Gasteiger partial charge < -0.3 is 13.9 Å². The average Bonchev–Trinajstić information content (AvgIpc) is 2.60. The lowest BCUT2D eigenvalue weighted by Gasteiger charge is -2.14. The predicted molar refractivity (Wildman–Crippen MR) is 103 cm³/mol. The van der Waals surface area contributed by atoms with Crippen LogP contribution in [0.25, 0.3) is 22.1 Å². The van der Waals surface area contributed by atoms with Crippen LogP contribution < -0.4 is 15.1 Å². The van der Waals surface area contributed by atoms with Gasteiger partial charge in [0.05, 0.1) is 5.56 Å². The molecule has 0 fully saturated rings. The maximum atomic E-state index is 13.5. The van der Waals surface area contributed by atoms with Gasteiger partial charge in [0.2, 0.25) is 0 Å². The van der Waals surface area contributed by atoms with Crippen molar-refractivity contribution >= 4 is 38.8 Å². The molecule has 28 heavy (non-hydrogen) atoms. The van der Waals surface area contributed by atoms with Gasteiger partial charge in [-0.2, -0.15) is 0 Å². The van der Waals surface area contributed by atoms with E-state index in [1.165, 1.54) is 44.2 Å². The third kappa shape index (κ3) is 3.96. The Morgan fingerprint density at radius 3 is 2.43 bits per heavy atom. The Labute approximate surface area is 167 Å². The molecule has 0 N–H and O–H groups in total. The van der Waals surface area contributed by atoms with Gasteiger partial charge in [-0.15, -0.1) is 0 Å². The molecule has 0 radical (unpaired) electrons. The molecule has 1 heterocycles. The molecule has 0 aliphatic carbocycles. The summed E-state index contributed by atoms with van der Waals surface area (Å²) < 4.78 is 29.0. The molecule has 0 aliphatic rings. The Bertz CT molecular complexity index is 1150. The number of fused-ring (bicyclic) bond motifs is 1. The molecule has 144 valence electrons. The van der Waals surface area contributed by atoms with Gasteiger partial charge in [0.25, 0.3) is 0 Å². The second kappa shape index (κ2) is 7.93. The molecule has 2 aromatic carbocycles. The molecule has 3 rings (SSSR count). The molecule has 0 atom stereocenters. The lowest BCUT2D eigenvalue weighted by molar-refractivity contribution is -0.132. The van der Waals surface area contributed by atoms with Crippen LogP contribution >= 0.6 is 15.9 Å². The molecule has 0 spiro atoms. The number of benzene rings is 2. The summed E-state index contributed by atoms with van der Waals surface area (Å²) in [7, 11) is 0. The van der Waals surface area contributed by atoms with Crippen LogP contribution in [0.4, 0.5) is 4.39 Å². The molecular weight excluding hydrogens is 435 g/mol. The minimum absolute atomic E-state index is 0.0298. The molecule has 6 nitrogen and oxygen atoms in total. The number of rotatable bonds is 4. The van der Waals surface area contributed by atoms with E-state index < -0.39 is 23.4 Å². The first kappa shape index (κ1) is 19.8. The van der Waals surface area contributed by atoms with E-state index in [2.05, 4.69) is 15.9 Å². The fraction of sp³-hybridized carbons (Fsp3) is 0.150. The largest absolute Gasteiger partial charge is 0.427 e. The van der Waals surface area contributed by atoms with Crippen LogP contribution in [0.3, 0.4) is 0 Å². The van der Waals surface area contributed by atoms with Crippen molar-refractivity contribution in [3.63, 3.8) is 0 Å². The third-order valence-corrected chi connectivity index (χ3v) is 4.41. The summed E-state index contributed by atoms with van der Waals surface area (Å²) in [6, 6.07) is 8.19. The Hall–Kier alpha value is -3.00. The van der Waals surface area contributed by atoms with E-state index >= 15 is 0 Å². The highest BCUT2D eigenvalue weighted by molar-refractivity contribution is 9.08. The maximum absolute atomic E-state index is 13.5. The molecule has 8 heteroatoms. The molecule has 0 saturated carbocycles. The third-order valence-electron chi connectivity index (χ3n) is 3.85. The number of carbonyl (C=O) groups excluding carboxylic acids is 2. The number of alkyl halides is 1. The normalized spacial score (nSPS) is 10.7. The zero-order valence-corrected chi connectivity index (χ0v) is 16.5. The van der Waals surface area contributed by atoms with Gasteiger partial charge in [0.15, 0.2) is 0 Å². The average molecular weight is 449 g/mol. The van der Waals surface area contributed by atoms with E-state index in [1.54, 1.807) is 0 Å². The summed E-state index contributed by atoms with van der Waals surface area (Å²) >= 11 is 3.35. The molecule has 0 amide bonds. The monoisotopic (exact) mass is 448 g/mol. The molecule has 3 aromatic rings. The Kier molecular flexibility index (Phi) is 5.60. The Balaban J connectivity index is 2.30. The topological polar surface area (TPSA) is 82.8 Å². The van der Waals surface area contributed by atoms with Crippen LogP contribution in [0, 0.1) is 5.82 Å². The quantitative estimate of drug-likeness (QED) is 0.255. The van der Waals surface area contributed by atoms with E-state index in [1.807, 2.05) is 0 Å². The molecule has 0 saturated heterocycles. The molecule has 1 aromatic heterocycles. The van der Waals surface area contributed by atoms with Crippen LogP contribution in [0.15, 0.2) is 45.6 Å². The predicted octanol–water partition coefficient (Wildman–Crippen LogP) is 4.34. The van der Waals surface area contributed by atoms with Gasteiger partial charge in [-0.25, -0.2) is 9.18 Å². The van der Waals surface area contributed by atoms with Crippen molar-refractivity contribution < 1.29 is 27.9 Å². The number of carbonyl (C=O) groups is 2. The summed E-state index contributed by atoms with van der Waals surface area (Å²) in [5.41, 5.74) is 0.358. The first-order valence-corrected chi connectivity index (χ1v) is 9.24. The fourth-order valence-electron chi connectivity index (χ4n) is 2.83. The summed E-state index contributed by atoms with van der Waals surface area (Å²) in [6.07, 6.45) is 0. The first-order chi connectivity index (χ1) is 13.3. The van der Waals surface area contributed by atoms with Crippen LogP contribution in [0.1, 0.15) is 19.4 Å². The van der Waals surface area contributed by atoms with Crippen molar-refractivity contribution in [1.29, 1.82) is 0 Å². The fourth-order valence-corrected chi connectivity index (χ4v) is 3.41. The summed E-state index contributed by atoms with van der Waals surface area (Å²) in [4.78, 5) is 35.4. The second-order valence-corrected chi connectivity index (χ2v) is 6.42. The zero-order valence-electron chi connectivity index (χ0n) is 14.9. The van der Waals surface area contributed by atoms with Gasteiger partial charge in [-0.1, -0.05) is 15.9 Å². The number of halogens is 2. The van der Waals surface area contributed by atoms with E-state index in [0.29, 0.717) is 10.9 Å². The van der Waals surface area contributed by atoms with Crippen molar-refractivity contribution in [2.45, 2.75) is 19.2 Å². The van der Waals surface area contributed by atoms with Crippen molar-refractivity contribution in [2.75, 3.05) is 0 Å². The van der Waals surface area contributed by atoms with E-state index in [-0.39, 0.29) is 33.5 Å². The Morgan fingerprint density at radius 1 is 1.07 bits per heavy atom. The SMILES string of the molecule is CC(=O)Oc1ccc(-c2c(CBr)c3ccc(F)cc3oc2=O)c(OC(C)=O)c1. The highest BCUT2D eigenvalue weighted by atomic mass is 79.9. The van der Waals surface area contributed by atoms with Gasteiger partial charge in [-0.05, 0) is 29.8 Å². The van der Waals surface area contributed by atoms with Crippen LogP contribution in [0.2, 0.25) is 0 Å². The van der Waals surface area contributed by atoms with E-state index in [0.717, 1.165) is 6.07 Å². The Morgan fingerprint density at radius 2 is 1.79 bits per heavy atom. The van der Waals surface area contributed by atoms with Gasteiger partial charge >= 0.3 is 17.6 Å². The zero-order chi connectivity index (χ0) is 20.4. The van der Waals surface area contributed by atoms with Crippen LogP contribution in [0.5, 0.6) is 11.5 Å². The summed E-state index contributed by atoms with van der Waals surface area (Å²) in [6.45, 7) is 2.44. The van der Waals surface area contributed by atoms with E-state index in [9.17, 15) is 18.8 Å². The minimum Gasteiger partial charge on any atom is -0.427 e. The van der Waals surface area contributed by atoms with Crippen LogP contribution in [-0.4, -0.2) is 11.9 Å². The summed E-state index contributed by atoms with van der Waals surface area (Å²) in [5, 5.41) is 0.798. The number of hydrogen-bond donors (Lipinski definition) is 0. The first-order valence-electron chi connectivity index (χ1n) is 8.12. The number of esters is 2. The lowest BCUT2D eigenvalue weighted by atomic mass is 9.98. The summed E-state index contributed by atoms with van der Waals surface area (Å²) in [5.74, 6) is -1.51. The van der Waals surface area contributed by atoms with Crippen LogP contribution in [-0.2, 0) is 14.9 Å². The van der Waals surface area contributed by atoms with Gasteiger partial charge in [0, 0.05) is 42.3 Å². The van der Waals surface area contributed by atoms with Crippen molar-refractivity contribution in [1.82, 2.24) is 0 Å². The smallest absolute Gasteiger partial charge is 0.344 e. The highest BCUT2D eigenvalue weighted by Gasteiger charge is 2.21. The minimum atomic E-state index is -0.721. The van der Waals surface area contributed by atoms with Crippen molar-refractivity contribution in [2.24, 2.45) is 0 Å². The highest BCUT2D eigenvalue weighted by Crippen LogP contribution is 2.37. The molecule has 0 bridgehead atoms. The number of hydrogen-bond acceptors (Lipinski definition) is 6. The van der Waals surface area contributed by atoms with Gasteiger partial charge in [0.1, 0.15) is 22.9 Å². The molecule has 0 unspecified atom stereocenters. The molecule has 0 aliphatic heterocycles. The van der Waals surface area contributed by atoms with E-state index in [4.69, 9.17) is 13.9 Å². The van der Waals surface area contributed by atoms with Crippen molar-refractivity contribution in [3.8, 4) is 22.6 Å². The second-order valence-electron chi connectivity index (χ2n) is 5.86. The van der Waals surface area contributed by atoms with Crippen molar-refractivity contribution in [3.05, 3.63) is 58.2 Å². The lowest BCUT2D eigenvalue weighted by Crippen LogP contribution is -2.10. The standard InChI is InChI=1S/C20H14BrFO6/c1-10(23)26-13-4-6-15(18(8-13)27-11(2)24)19-16(9-21)14-5-3-12(22)7-17(14)28-20(19)25/h3-8H,9H2,1-2H3. The maximum Gasteiger partial charge on any atom is 0.344 e. The van der Waals surface area contributed by atoms with Gasteiger partial charge in [-0.3, -0.25) is 9.59 Å². The molecular formula is C20H14BrFO6. The number of ether oxygens (including phenoxy) is 2.